The lowest BCUT2D eigenvalue weighted by Crippen LogP contribution is -2.41. The summed E-state index contributed by atoms with van der Waals surface area (Å²) in [6, 6.07) is 4.21. The minimum atomic E-state index is -1.01. The van der Waals surface area contributed by atoms with Gasteiger partial charge in [0.05, 0.1) is 11.6 Å². The molecule has 0 aliphatic heterocycles. The third kappa shape index (κ3) is 5.39. The molecular weight excluding hydrogens is 324 g/mol. The third-order valence-electron chi connectivity index (χ3n) is 3.75. The maximum Gasteiger partial charge on any atom is 0.263 e. The van der Waals surface area contributed by atoms with E-state index in [1.165, 1.54) is 7.05 Å². The van der Waals surface area contributed by atoms with Crippen molar-refractivity contribution in [2.24, 2.45) is 5.73 Å². The second kappa shape index (κ2) is 10.2. The molecule has 8 heteroatoms. The van der Waals surface area contributed by atoms with Crippen LogP contribution in [0.4, 0.5) is 5.69 Å². The third-order valence-corrected chi connectivity index (χ3v) is 3.75. The van der Waals surface area contributed by atoms with Gasteiger partial charge in [0.1, 0.15) is 6.29 Å². The van der Waals surface area contributed by atoms with Gasteiger partial charge in [-0.05, 0) is 25.0 Å². The SMILES string of the molecule is CNC(=O)CCC(C=O)N(C=O)C(=O)c1c(C)cccc1NCCN. The average Bonchev–Trinajstić information content (AvgIpc) is 2.62. The number of imide groups is 1. The fourth-order valence-electron chi connectivity index (χ4n) is 2.39. The van der Waals surface area contributed by atoms with Crippen molar-refractivity contribution >= 4 is 30.2 Å². The molecule has 25 heavy (non-hydrogen) atoms. The first-order valence-electron chi connectivity index (χ1n) is 7.97. The molecule has 8 nitrogen and oxygen atoms in total. The Morgan fingerprint density at radius 3 is 2.60 bits per heavy atom. The first kappa shape index (κ1) is 20.3. The predicted molar refractivity (Wildman–Crippen MR) is 94.1 cm³/mol. The molecular formula is C17H24N4O4. The number of nitrogens with two attached hydrogens (primary N) is 1. The van der Waals surface area contributed by atoms with Crippen LogP contribution in [-0.2, 0) is 14.4 Å². The lowest BCUT2D eigenvalue weighted by molar-refractivity contribution is -0.125. The topological polar surface area (TPSA) is 122 Å². The van der Waals surface area contributed by atoms with Crippen LogP contribution in [0.15, 0.2) is 18.2 Å². The Morgan fingerprint density at radius 2 is 2.04 bits per heavy atom. The summed E-state index contributed by atoms with van der Waals surface area (Å²) in [5, 5.41) is 5.47. The van der Waals surface area contributed by atoms with E-state index in [2.05, 4.69) is 10.6 Å². The normalized spacial score (nSPS) is 11.3. The number of hydrogen-bond donors (Lipinski definition) is 3. The summed E-state index contributed by atoms with van der Waals surface area (Å²) in [5.74, 6) is -0.868. The lowest BCUT2D eigenvalue weighted by atomic mass is 10.0. The van der Waals surface area contributed by atoms with Gasteiger partial charge in [-0.1, -0.05) is 12.1 Å². The summed E-state index contributed by atoms with van der Waals surface area (Å²) in [4.78, 5) is 47.9. The van der Waals surface area contributed by atoms with Crippen LogP contribution >= 0.6 is 0 Å². The van der Waals surface area contributed by atoms with E-state index in [-0.39, 0.29) is 18.7 Å². The molecule has 1 rings (SSSR count). The van der Waals surface area contributed by atoms with E-state index >= 15 is 0 Å². The first-order chi connectivity index (χ1) is 12.0. The van der Waals surface area contributed by atoms with E-state index in [9.17, 15) is 19.2 Å². The number of anilines is 1. The first-order valence-corrected chi connectivity index (χ1v) is 7.97. The van der Waals surface area contributed by atoms with E-state index in [0.29, 0.717) is 42.6 Å². The molecule has 0 heterocycles. The zero-order valence-corrected chi connectivity index (χ0v) is 14.5. The zero-order chi connectivity index (χ0) is 18.8. The summed E-state index contributed by atoms with van der Waals surface area (Å²) >= 11 is 0. The molecule has 0 aromatic heterocycles. The Hall–Kier alpha value is -2.74. The molecule has 0 fully saturated rings. The van der Waals surface area contributed by atoms with Crippen molar-refractivity contribution in [2.45, 2.75) is 25.8 Å². The number of amides is 3. The monoisotopic (exact) mass is 348 g/mol. The van der Waals surface area contributed by atoms with Crippen LogP contribution in [0.1, 0.15) is 28.8 Å². The number of rotatable bonds is 10. The van der Waals surface area contributed by atoms with E-state index in [4.69, 9.17) is 5.73 Å². The number of nitrogens with one attached hydrogen (secondary N) is 2. The molecule has 0 spiro atoms. The smallest absolute Gasteiger partial charge is 0.263 e. The highest BCUT2D eigenvalue weighted by atomic mass is 16.2. The number of carbonyl (C=O) groups excluding carboxylic acids is 4. The maximum atomic E-state index is 12.9. The second-order valence-corrected chi connectivity index (χ2v) is 5.45. The minimum absolute atomic E-state index is 0.0313. The maximum absolute atomic E-state index is 12.9. The number of aryl methyl sites for hydroxylation is 1. The van der Waals surface area contributed by atoms with E-state index < -0.39 is 11.9 Å². The highest BCUT2D eigenvalue weighted by Crippen LogP contribution is 2.22. The number of benzene rings is 1. The average molecular weight is 348 g/mol. The molecule has 3 amide bonds. The van der Waals surface area contributed by atoms with Crippen molar-refractivity contribution in [3.63, 3.8) is 0 Å². The van der Waals surface area contributed by atoms with Gasteiger partial charge in [0.15, 0.2) is 0 Å². The Labute approximate surface area is 146 Å². The van der Waals surface area contributed by atoms with Gasteiger partial charge in [-0.25, -0.2) is 0 Å². The summed E-state index contributed by atoms with van der Waals surface area (Å²) in [6.07, 6.45) is 0.916. The van der Waals surface area contributed by atoms with Crippen LogP contribution in [0.2, 0.25) is 0 Å². The molecule has 1 aromatic rings. The number of aldehydes is 1. The minimum Gasteiger partial charge on any atom is -0.383 e. The van der Waals surface area contributed by atoms with Crippen molar-refractivity contribution in [3.8, 4) is 0 Å². The quantitative estimate of drug-likeness (QED) is 0.514. The van der Waals surface area contributed by atoms with E-state index in [1.54, 1.807) is 25.1 Å². The zero-order valence-electron chi connectivity index (χ0n) is 14.5. The van der Waals surface area contributed by atoms with Crippen LogP contribution in [0.5, 0.6) is 0 Å². The van der Waals surface area contributed by atoms with Crippen molar-refractivity contribution < 1.29 is 19.2 Å². The van der Waals surface area contributed by atoms with Gasteiger partial charge >= 0.3 is 0 Å². The van der Waals surface area contributed by atoms with Crippen LogP contribution < -0.4 is 16.4 Å². The fraction of sp³-hybridized carbons (Fsp3) is 0.412. The highest BCUT2D eigenvalue weighted by molar-refractivity contribution is 6.06. The van der Waals surface area contributed by atoms with E-state index in [0.717, 1.165) is 4.90 Å². The molecule has 0 aliphatic carbocycles. The van der Waals surface area contributed by atoms with Gasteiger partial charge in [0.25, 0.3) is 5.91 Å². The predicted octanol–water partition coefficient (Wildman–Crippen LogP) is 0.0579. The van der Waals surface area contributed by atoms with Crippen LogP contribution in [-0.4, -0.2) is 55.6 Å². The Kier molecular flexibility index (Phi) is 8.28. The standard InChI is InChI=1S/C17H24N4O4/c1-12-4-3-5-14(20-9-8-18)16(12)17(25)21(11-23)13(10-22)6-7-15(24)19-2/h3-5,10-11,13,20H,6-9,18H2,1-2H3,(H,19,24). The van der Waals surface area contributed by atoms with Crippen LogP contribution in [0.25, 0.3) is 0 Å². The van der Waals surface area contributed by atoms with Gasteiger partial charge in [-0.15, -0.1) is 0 Å². The second-order valence-electron chi connectivity index (χ2n) is 5.45. The number of hydrogen-bond acceptors (Lipinski definition) is 6. The number of nitrogens with zero attached hydrogens (tertiary/aromatic N) is 1. The van der Waals surface area contributed by atoms with Crippen molar-refractivity contribution in [1.82, 2.24) is 10.2 Å². The van der Waals surface area contributed by atoms with Crippen molar-refractivity contribution in [3.05, 3.63) is 29.3 Å². The molecule has 0 bridgehead atoms. The van der Waals surface area contributed by atoms with Crippen molar-refractivity contribution in [2.75, 3.05) is 25.5 Å². The Balaban J connectivity index is 3.10. The van der Waals surface area contributed by atoms with Gasteiger partial charge in [0.2, 0.25) is 12.3 Å². The van der Waals surface area contributed by atoms with Crippen LogP contribution in [0.3, 0.4) is 0 Å². The van der Waals surface area contributed by atoms with Gasteiger partial charge in [-0.3, -0.25) is 19.3 Å². The van der Waals surface area contributed by atoms with Gasteiger partial charge < -0.3 is 21.2 Å². The fourth-order valence-corrected chi connectivity index (χ4v) is 2.39. The molecule has 1 aromatic carbocycles. The number of carbonyl (C=O) groups is 4. The molecule has 0 saturated carbocycles. The summed E-state index contributed by atoms with van der Waals surface area (Å²) in [5.41, 5.74) is 6.98. The molecule has 0 radical (unpaired) electrons. The molecule has 0 aliphatic rings. The van der Waals surface area contributed by atoms with E-state index in [1.807, 2.05) is 0 Å². The molecule has 0 saturated heterocycles. The largest absolute Gasteiger partial charge is 0.383 e. The molecule has 1 unspecified atom stereocenters. The summed E-state index contributed by atoms with van der Waals surface area (Å²) < 4.78 is 0. The Morgan fingerprint density at radius 1 is 1.32 bits per heavy atom. The lowest BCUT2D eigenvalue weighted by Gasteiger charge is -2.24. The van der Waals surface area contributed by atoms with Crippen molar-refractivity contribution in [1.29, 1.82) is 0 Å². The van der Waals surface area contributed by atoms with Gasteiger partial charge in [0, 0.05) is 32.2 Å². The molecule has 136 valence electrons. The molecule has 4 N–H and O–H groups in total. The Bertz CT molecular complexity index is 633. The molecule has 1 atom stereocenters. The van der Waals surface area contributed by atoms with Gasteiger partial charge in [-0.2, -0.15) is 0 Å². The highest BCUT2D eigenvalue weighted by Gasteiger charge is 2.27. The summed E-state index contributed by atoms with van der Waals surface area (Å²) in [6.45, 7) is 2.57. The summed E-state index contributed by atoms with van der Waals surface area (Å²) in [7, 11) is 1.48. The van der Waals surface area contributed by atoms with Crippen LogP contribution in [0, 0.1) is 6.92 Å².